The van der Waals surface area contributed by atoms with Crippen LogP contribution >= 0.6 is 0 Å². The normalized spacial score (nSPS) is 10.9. The van der Waals surface area contributed by atoms with Crippen LogP contribution in [-0.4, -0.2) is 9.55 Å². The number of nitrogens with zero attached hydrogens (tertiary/aromatic N) is 3. The number of para-hydroxylation sites is 1. The van der Waals surface area contributed by atoms with Gasteiger partial charge in [0.2, 0.25) is 5.52 Å². The van der Waals surface area contributed by atoms with Crippen LogP contribution in [0.2, 0.25) is 0 Å². The minimum Gasteiger partial charge on any atom is -0.268 e. The van der Waals surface area contributed by atoms with Gasteiger partial charge in [-0.15, -0.1) is 4.68 Å². The summed E-state index contributed by atoms with van der Waals surface area (Å²) in [6, 6.07) is 13.9. The van der Waals surface area contributed by atoms with E-state index < -0.39 is 0 Å². The maximum absolute atomic E-state index is 6.03. The second-order valence-corrected chi connectivity index (χ2v) is 3.93. The number of pyridine rings is 1. The minimum absolute atomic E-state index is 0.874. The van der Waals surface area contributed by atoms with Crippen LogP contribution in [-0.2, 0) is 0 Å². The van der Waals surface area contributed by atoms with Gasteiger partial charge in [-0.25, -0.2) is 4.98 Å². The number of hydrogen-bond acceptors (Lipinski definition) is 2. The second-order valence-electron chi connectivity index (χ2n) is 3.93. The molecule has 0 aliphatic carbocycles. The average Bonchev–Trinajstić information content (AvgIpc) is 2.64. The fourth-order valence-electron chi connectivity index (χ4n) is 2.07. The van der Waals surface area contributed by atoms with Crippen molar-refractivity contribution in [3.05, 3.63) is 54.5 Å². The largest absolute Gasteiger partial charge is 0.284 e. The lowest BCUT2D eigenvalue weighted by molar-refractivity contribution is -0.618. The summed E-state index contributed by atoms with van der Waals surface area (Å²) in [4.78, 5) is 4.40. The quantitative estimate of drug-likeness (QED) is 0.502. The van der Waals surface area contributed by atoms with Gasteiger partial charge in [-0.05, 0) is 24.3 Å². The van der Waals surface area contributed by atoms with E-state index in [1.165, 1.54) is 0 Å². The molecule has 0 saturated heterocycles. The Hall–Kier alpha value is -2.36. The second kappa shape index (κ2) is 3.59. The molecule has 2 N–H and O–H groups in total. The van der Waals surface area contributed by atoms with Gasteiger partial charge in [0.15, 0.2) is 0 Å². The lowest BCUT2D eigenvalue weighted by atomic mass is 10.3. The maximum atomic E-state index is 6.03. The van der Waals surface area contributed by atoms with Gasteiger partial charge in [0.25, 0.3) is 11.5 Å². The molecule has 0 spiro atoms. The summed E-state index contributed by atoms with van der Waals surface area (Å²) in [6.07, 6.45) is 1.78. The van der Waals surface area contributed by atoms with Gasteiger partial charge in [-0.3, -0.25) is 5.84 Å². The number of imidazole rings is 1. The monoisotopic (exact) mass is 225 g/mol. The van der Waals surface area contributed by atoms with Crippen molar-refractivity contribution in [2.45, 2.75) is 6.92 Å². The SMILES string of the molecule is Cc1n(-c2ccccc2)c2ncccc2[n+]1N. The van der Waals surface area contributed by atoms with Crippen LogP contribution in [0.3, 0.4) is 0 Å². The van der Waals surface area contributed by atoms with Crippen molar-refractivity contribution in [2.24, 2.45) is 0 Å². The van der Waals surface area contributed by atoms with Crippen molar-refractivity contribution in [3.63, 3.8) is 0 Å². The van der Waals surface area contributed by atoms with Crippen LogP contribution in [0.15, 0.2) is 48.7 Å². The van der Waals surface area contributed by atoms with Gasteiger partial charge in [0.05, 0.1) is 0 Å². The number of hydrogen-bond donors (Lipinski definition) is 1. The minimum atomic E-state index is 0.874. The van der Waals surface area contributed by atoms with Crippen LogP contribution in [0.1, 0.15) is 5.82 Å². The van der Waals surface area contributed by atoms with Gasteiger partial charge < -0.3 is 0 Å². The molecule has 0 aliphatic heterocycles. The molecule has 17 heavy (non-hydrogen) atoms. The average molecular weight is 225 g/mol. The molecule has 4 heteroatoms. The highest BCUT2D eigenvalue weighted by Gasteiger charge is 2.22. The van der Waals surface area contributed by atoms with E-state index in [4.69, 9.17) is 5.84 Å². The molecular weight excluding hydrogens is 212 g/mol. The van der Waals surface area contributed by atoms with Gasteiger partial charge >= 0.3 is 0 Å². The van der Waals surface area contributed by atoms with Gasteiger partial charge in [0.1, 0.15) is 5.69 Å². The predicted molar refractivity (Wildman–Crippen MR) is 66.2 cm³/mol. The van der Waals surface area contributed by atoms with Crippen LogP contribution in [0, 0.1) is 6.92 Å². The third-order valence-electron chi connectivity index (χ3n) is 2.92. The molecule has 0 saturated carbocycles. The molecule has 0 unspecified atom stereocenters. The van der Waals surface area contributed by atoms with Crippen molar-refractivity contribution in [3.8, 4) is 5.69 Å². The first kappa shape index (κ1) is 9.84. The first-order valence-electron chi connectivity index (χ1n) is 5.47. The number of aromatic nitrogens is 3. The van der Waals surface area contributed by atoms with E-state index in [2.05, 4.69) is 9.55 Å². The molecule has 0 fully saturated rings. The van der Waals surface area contributed by atoms with E-state index >= 15 is 0 Å². The topological polar surface area (TPSA) is 47.7 Å². The molecule has 4 nitrogen and oxygen atoms in total. The predicted octanol–water partition coefficient (Wildman–Crippen LogP) is 1.34. The molecule has 1 aromatic carbocycles. The Labute approximate surface area is 98.9 Å². The lowest BCUT2D eigenvalue weighted by Crippen LogP contribution is -2.46. The first-order valence-corrected chi connectivity index (χ1v) is 5.47. The molecule has 0 aliphatic rings. The number of nitrogens with two attached hydrogens (primary N) is 1. The zero-order valence-corrected chi connectivity index (χ0v) is 9.54. The summed E-state index contributed by atoms with van der Waals surface area (Å²) in [6.45, 7) is 1.98. The maximum Gasteiger partial charge on any atom is 0.284 e. The third kappa shape index (κ3) is 1.38. The third-order valence-corrected chi connectivity index (χ3v) is 2.92. The van der Waals surface area contributed by atoms with Crippen molar-refractivity contribution in [1.29, 1.82) is 0 Å². The van der Waals surface area contributed by atoms with Crippen molar-refractivity contribution < 1.29 is 4.68 Å². The Morgan fingerprint density at radius 1 is 1.12 bits per heavy atom. The molecule has 2 heterocycles. The Morgan fingerprint density at radius 2 is 1.88 bits per heavy atom. The fourth-order valence-corrected chi connectivity index (χ4v) is 2.07. The molecule has 3 rings (SSSR count). The Balaban J connectivity index is 2.41. The molecule has 0 atom stereocenters. The van der Waals surface area contributed by atoms with Crippen LogP contribution in [0.4, 0.5) is 0 Å². The number of nitrogen functional groups attached to an aromatic ring is 1. The fraction of sp³-hybridized carbons (Fsp3) is 0.0769. The van der Waals surface area contributed by atoms with Crippen molar-refractivity contribution in [2.75, 3.05) is 5.84 Å². The smallest absolute Gasteiger partial charge is 0.268 e. The molecule has 2 aromatic heterocycles. The summed E-state index contributed by atoms with van der Waals surface area (Å²) in [7, 11) is 0. The molecule has 0 radical (unpaired) electrons. The molecule has 0 amide bonds. The van der Waals surface area contributed by atoms with Gasteiger partial charge in [0, 0.05) is 13.1 Å². The summed E-state index contributed by atoms with van der Waals surface area (Å²) in [5.41, 5.74) is 2.87. The highest BCUT2D eigenvalue weighted by molar-refractivity contribution is 5.69. The number of benzene rings is 1. The first-order chi connectivity index (χ1) is 8.29. The summed E-state index contributed by atoms with van der Waals surface area (Å²) in [5.74, 6) is 6.98. The van der Waals surface area contributed by atoms with E-state index in [0.717, 1.165) is 22.7 Å². The summed E-state index contributed by atoms with van der Waals surface area (Å²) >= 11 is 0. The van der Waals surface area contributed by atoms with Crippen LogP contribution < -0.4 is 10.5 Å². The van der Waals surface area contributed by atoms with Crippen molar-refractivity contribution >= 4 is 11.2 Å². The highest BCUT2D eigenvalue weighted by Crippen LogP contribution is 2.16. The standard InChI is InChI=1S/C13H13N4/c1-10-16(11-6-3-2-4-7-11)13-12(17(10)14)8-5-9-15-13/h2-9H,14H2,1H3/q+1. The van der Waals surface area contributed by atoms with E-state index in [0.29, 0.717) is 0 Å². The van der Waals surface area contributed by atoms with Crippen molar-refractivity contribution in [1.82, 2.24) is 9.55 Å². The molecule has 0 bridgehead atoms. The Kier molecular flexibility index (Phi) is 2.08. The Bertz CT molecular complexity index is 670. The summed E-state index contributed by atoms with van der Waals surface area (Å²) in [5, 5.41) is 0. The highest BCUT2D eigenvalue weighted by atomic mass is 15.4. The number of rotatable bonds is 1. The zero-order valence-electron chi connectivity index (χ0n) is 9.54. The van der Waals surface area contributed by atoms with Crippen LogP contribution in [0.5, 0.6) is 0 Å². The van der Waals surface area contributed by atoms with Gasteiger partial charge in [-0.1, -0.05) is 18.2 Å². The summed E-state index contributed by atoms with van der Waals surface area (Å²) < 4.78 is 3.71. The molecule has 3 aromatic rings. The van der Waals surface area contributed by atoms with E-state index in [1.54, 1.807) is 10.9 Å². The lowest BCUT2D eigenvalue weighted by Gasteiger charge is -1.97. The zero-order chi connectivity index (χ0) is 11.8. The number of fused-ring (bicyclic) bond motifs is 1. The van der Waals surface area contributed by atoms with E-state index in [9.17, 15) is 0 Å². The van der Waals surface area contributed by atoms with E-state index in [1.807, 2.05) is 49.4 Å². The Morgan fingerprint density at radius 3 is 2.65 bits per heavy atom. The van der Waals surface area contributed by atoms with Crippen LogP contribution in [0.25, 0.3) is 16.9 Å². The van der Waals surface area contributed by atoms with Gasteiger partial charge in [-0.2, -0.15) is 4.57 Å². The molecule has 84 valence electrons. The van der Waals surface area contributed by atoms with E-state index in [-0.39, 0.29) is 0 Å². The molecular formula is C13H13N4+.